The summed E-state index contributed by atoms with van der Waals surface area (Å²) in [6.45, 7) is 3.44. The summed E-state index contributed by atoms with van der Waals surface area (Å²) in [5.74, 6) is -0.122. The van der Waals surface area contributed by atoms with E-state index in [0.29, 0.717) is 27.7 Å². The van der Waals surface area contributed by atoms with E-state index in [1.807, 2.05) is 0 Å². The van der Waals surface area contributed by atoms with Crippen molar-refractivity contribution in [1.82, 2.24) is 14.5 Å². The monoisotopic (exact) mass is 373 g/mol. The van der Waals surface area contributed by atoms with E-state index < -0.39 is 0 Å². The van der Waals surface area contributed by atoms with Gasteiger partial charge < -0.3 is 14.8 Å². The Morgan fingerprint density at radius 2 is 2.19 bits per heavy atom. The van der Waals surface area contributed by atoms with Crippen molar-refractivity contribution in [1.29, 1.82) is 0 Å². The number of benzene rings is 1. The molecule has 2 aromatic heterocycles. The Kier molecular flexibility index (Phi) is 3.76. The molecule has 0 fully saturated rings. The lowest BCUT2D eigenvalue weighted by Gasteiger charge is -2.14. The number of aryl methyl sites for hydroxylation is 1. The molecule has 0 spiro atoms. The Morgan fingerprint density at radius 1 is 1.42 bits per heavy atom. The highest BCUT2D eigenvalue weighted by molar-refractivity contribution is 7.22. The van der Waals surface area contributed by atoms with Gasteiger partial charge in [0.15, 0.2) is 10.9 Å². The third-order valence-electron chi connectivity index (χ3n) is 4.58. The van der Waals surface area contributed by atoms with Crippen LogP contribution < -0.4 is 10.2 Å². The number of aromatic nitrogens is 3. The van der Waals surface area contributed by atoms with Gasteiger partial charge in [-0.1, -0.05) is 11.3 Å². The van der Waals surface area contributed by atoms with E-state index in [0.717, 1.165) is 4.70 Å². The number of halogens is 1. The van der Waals surface area contributed by atoms with E-state index in [-0.39, 0.29) is 30.1 Å². The van der Waals surface area contributed by atoms with E-state index >= 15 is 0 Å². The summed E-state index contributed by atoms with van der Waals surface area (Å²) in [6.07, 6.45) is 1.49. The number of carbonyl (C=O) groups is 2. The second-order valence-electron chi connectivity index (χ2n) is 6.33. The minimum absolute atomic E-state index is 0.0437. The van der Waals surface area contributed by atoms with Crippen LogP contribution in [0, 0.1) is 12.7 Å². The number of ketones is 1. The van der Waals surface area contributed by atoms with Crippen molar-refractivity contribution in [2.45, 2.75) is 26.4 Å². The minimum atomic E-state index is -0.327. The number of amides is 1. The smallest absolute Gasteiger partial charge is 0.246 e. The van der Waals surface area contributed by atoms with Crippen LogP contribution in [0.1, 0.15) is 23.0 Å². The van der Waals surface area contributed by atoms with Gasteiger partial charge in [-0.2, -0.15) is 0 Å². The van der Waals surface area contributed by atoms with Crippen LogP contribution >= 0.6 is 11.3 Å². The summed E-state index contributed by atoms with van der Waals surface area (Å²) < 4.78 is 16.0. The summed E-state index contributed by atoms with van der Waals surface area (Å²) in [5.41, 5.74) is 1.48. The fourth-order valence-corrected chi connectivity index (χ4v) is 3.94. The van der Waals surface area contributed by atoms with Gasteiger partial charge in [-0.3, -0.25) is 9.59 Å². The second-order valence-corrected chi connectivity index (χ2v) is 7.36. The summed E-state index contributed by atoms with van der Waals surface area (Å²) in [7, 11) is 1.80. The molecule has 7 nitrogen and oxygen atoms in total. The van der Waals surface area contributed by atoms with Crippen LogP contribution in [0.3, 0.4) is 0 Å². The van der Waals surface area contributed by atoms with Crippen LogP contribution in [0.5, 0.6) is 0 Å². The molecule has 4 rings (SSSR count). The van der Waals surface area contributed by atoms with E-state index in [1.54, 1.807) is 36.4 Å². The third kappa shape index (κ3) is 2.55. The topological polar surface area (TPSA) is 80.1 Å². The standard InChI is InChI=1S/C17H16FN5O2S/c1-8-4-12-11(5-10(8)18)20-17(26-12)21-13(24)6-23-7-19-16-14(23)15(25)9(2)22(16)3/h4-5,7,9H,6H2,1-3H3,(H,20,21,24). The molecule has 0 saturated heterocycles. The highest BCUT2D eigenvalue weighted by atomic mass is 32.1. The average Bonchev–Trinajstić information content (AvgIpc) is 3.21. The summed E-state index contributed by atoms with van der Waals surface area (Å²) in [4.78, 5) is 35.0. The first-order chi connectivity index (χ1) is 12.3. The number of nitrogens with zero attached hydrogens (tertiary/aromatic N) is 4. The van der Waals surface area contributed by atoms with Gasteiger partial charge in [-0.15, -0.1) is 0 Å². The Hall–Kier alpha value is -2.81. The molecule has 26 heavy (non-hydrogen) atoms. The fourth-order valence-electron chi connectivity index (χ4n) is 2.98. The molecule has 1 aromatic carbocycles. The Labute approximate surface area is 152 Å². The van der Waals surface area contributed by atoms with Crippen molar-refractivity contribution < 1.29 is 14.0 Å². The van der Waals surface area contributed by atoms with Crippen LogP contribution in [0.15, 0.2) is 18.5 Å². The second kappa shape index (κ2) is 5.87. The first-order valence-electron chi connectivity index (χ1n) is 8.04. The Balaban J connectivity index is 1.54. The van der Waals surface area contributed by atoms with Gasteiger partial charge in [0.05, 0.1) is 22.6 Å². The molecule has 1 atom stereocenters. The number of fused-ring (bicyclic) bond motifs is 2. The summed E-state index contributed by atoms with van der Waals surface area (Å²) in [6, 6.07) is 2.77. The van der Waals surface area contributed by atoms with Crippen molar-refractivity contribution in [3.63, 3.8) is 0 Å². The first-order valence-corrected chi connectivity index (χ1v) is 8.85. The molecule has 1 aliphatic heterocycles. The molecule has 0 bridgehead atoms. The maximum atomic E-state index is 13.6. The molecule has 134 valence electrons. The molecule has 1 unspecified atom stereocenters. The quantitative estimate of drug-likeness (QED) is 0.763. The lowest BCUT2D eigenvalue weighted by Crippen LogP contribution is -2.29. The third-order valence-corrected chi connectivity index (χ3v) is 5.51. The van der Waals surface area contributed by atoms with E-state index in [9.17, 15) is 14.0 Å². The van der Waals surface area contributed by atoms with E-state index in [1.165, 1.54) is 23.7 Å². The van der Waals surface area contributed by atoms with Crippen molar-refractivity contribution in [2.24, 2.45) is 0 Å². The molecule has 1 aliphatic rings. The van der Waals surface area contributed by atoms with Gasteiger partial charge in [0.1, 0.15) is 18.1 Å². The van der Waals surface area contributed by atoms with Crippen LogP contribution in [0.25, 0.3) is 10.2 Å². The van der Waals surface area contributed by atoms with Gasteiger partial charge >= 0.3 is 0 Å². The van der Waals surface area contributed by atoms with Crippen LogP contribution in [0.4, 0.5) is 15.3 Å². The fraction of sp³-hybridized carbons (Fsp3) is 0.294. The Bertz CT molecular complexity index is 1020. The molecule has 3 aromatic rings. The van der Waals surface area contributed by atoms with Gasteiger partial charge in [0.2, 0.25) is 11.7 Å². The zero-order valence-corrected chi connectivity index (χ0v) is 15.2. The van der Waals surface area contributed by atoms with Gasteiger partial charge in [0, 0.05) is 13.1 Å². The average molecular weight is 373 g/mol. The number of thiazole rings is 1. The molecule has 0 saturated carbocycles. The molecule has 3 heterocycles. The molecule has 0 aliphatic carbocycles. The number of hydrogen-bond donors (Lipinski definition) is 1. The number of imidazole rings is 1. The maximum Gasteiger partial charge on any atom is 0.246 e. The zero-order valence-electron chi connectivity index (χ0n) is 14.4. The van der Waals surface area contributed by atoms with Crippen LogP contribution in [-0.4, -0.2) is 39.3 Å². The predicted octanol–water partition coefficient (Wildman–Crippen LogP) is 2.60. The van der Waals surface area contributed by atoms with Crippen molar-refractivity contribution in [2.75, 3.05) is 17.3 Å². The number of anilines is 2. The first kappa shape index (κ1) is 16.6. The number of nitrogens with one attached hydrogen (secondary N) is 1. The summed E-state index contributed by atoms with van der Waals surface area (Å²) in [5, 5.41) is 3.10. The zero-order chi connectivity index (χ0) is 18.6. The maximum absolute atomic E-state index is 13.6. The normalized spacial score (nSPS) is 16.4. The lowest BCUT2D eigenvalue weighted by molar-refractivity contribution is -0.116. The molecular formula is C17H16FN5O2S. The van der Waals surface area contributed by atoms with Gasteiger partial charge in [-0.25, -0.2) is 14.4 Å². The van der Waals surface area contributed by atoms with Crippen molar-refractivity contribution >= 4 is 44.2 Å². The number of Topliss-reactive ketones (excluding diaryl/α,β-unsaturated/α-hetero) is 1. The summed E-state index contributed by atoms with van der Waals surface area (Å²) >= 11 is 1.28. The van der Waals surface area contributed by atoms with Crippen LogP contribution in [0.2, 0.25) is 0 Å². The molecular weight excluding hydrogens is 357 g/mol. The van der Waals surface area contributed by atoms with Crippen molar-refractivity contribution in [3.8, 4) is 0 Å². The molecule has 9 heteroatoms. The van der Waals surface area contributed by atoms with E-state index in [4.69, 9.17) is 0 Å². The number of rotatable bonds is 3. The number of hydrogen-bond acceptors (Lipinski definition) is 6. The minimum Gasteiger partial charge on any atom is -0.348 e. The van der Waals surface area contributed by atoms with E-state index in [2.05, 4.69) is 15.3 Å². The lowest BCUT2D eigenvalue weighted by atomic mass is 10.2. The number of carbonyl (C=O) groups excluding carboxylic acids is 2. The van der Waals surface area contributed by atoms with Gasteiger partial charge in [0.25, 0.3) is 0 Å². The van der Waals surface area contributed by atoms with Crippen molar-refractivity contribution in [3.05, 3.63) is 35.5 Å². The number of likely N-dealkylation sites (N-methyl/N-ethyl adjacent to an activating group) is 1. The SMILES string of the molecule is Cc1cc2sc(NC(=O)Cn3cnc4c3C(=O)C(C)N4C)nc2cc1F. The van der Waals surface area contributed by atoms with Crippen LogP contribution in [-0.2, 0) is 11.3 Å². The molecule has 1 amide bonds. The predicted molar refractivity (Wildman–Crippen MR) is 97.4 cm³/mol. The largest absolute Gasteiger partial charge is 0.348 e. The molecule has 1 N–H and O–H groups in total. The highest BCUT2D eigenvalue weighted by Gasteiger charge is 2.36. The molecule has 0 radical (unpaired) electrons. The van der Waals surface area contributed by atoms with Gasteiger partial charge in [-0.05, 0) is 25.5 Å². The Morgan fingerprint density at radius 3 is 2.96 bits per heavy atom. The highest BCUT2D eigenvalue weighted by Crippen LogP contribution is 2.30.